The molecule has 0 saturated heterocycles. The molecule has 0 atom stereocenters. The van der Waals surface area contributed by atoms with E-state index in [1.165, 1.54) is 0 Å². The van der Waals surface area contributed by atoms with Crippen LogP contribution in [0.5, 0.6) is 0 Å². The highest BCUT2D eigenvalue weighted by atomic mass is 32.1. The molecular weight excluding hydrogens is 288 g/mol. The van der Waals surface area contributed by atoms with Gasteiger partial charge in [-0.3, -0.25) is 4.79 Å². The number of benzene rings is 1. The number of aromatic nitrogens is 1. The Morgan fingerprint density at radius 1 is 1.38 bits per heavy atom. The van der Waals surface area contributed by atoms with Crippen LogP contribution in [0.1, 0.15) is 32.8 Å². The van der Waals surface area contributed by atoms with E-state index in [0.29, 0.717) is 18.8 Å². The predicted octanol–water partition coefficient (Wildman–Crippen LogP) is 2.52. The van der Waals surface area contributed by atoms with Crippen molar-refractivity contribution < 1.29 is 14.3 Å². The van der Waals surface area contributed by atoms with Crippen LogP contribution in [-0.4, -0.2) is 30.0 Å². The smallest absolute Gasteiger partial charge is 0.367 e. The molecule has 0 fully saturated rings. The number of hydrogen-bond acceptors (Lipinski definition) is 5. The van der Waals surface area contributed by atoms with Crippen molar-refractivity contribution in [1.82, 2.24) is 4.98 Å². The van der Waals surface area contributed by atoms with Crippen molar-refractivity contribution >= 4 is 28.9 Å². The van der Waals surface area contributed by atoms with Crippen LogP contribution in [0.4, 0.5) is 5.69 Å². The first-order chi connectivity index (χ1) is 10.2. The summed E-state index contributed by atoms with van der Waals surface area (Å²) >= 11 is 1.13. The van der Waals surface area contributed by atoms with Gasteiger partial charge in [-0.25, -0.2) is 9.78 Å². The number of fused-ring (bicyclic) bond motifs is 1. The molecule has 2 heterocycles. The van der Waals surface area contributed by atoms with Gasteiger partial charge in [0.1, 0.15) is 5.69 Å². The normalized spacial score (nSPS) is 13.1. The second-order valence-corrected chi connectivity index (χ2v) is 5.45. The van der Waals surface area contributed by atoms with Crippen molar-refractivity contribution in [2.24, 2.45) is 0 Å². The molecule has 108 valence electrons. The van der Waals surface area contributed by atoms with Crippen LogP contribution in [0.3, 0.4) is 0 Å². The molecule has 5 nitrogen and oxygen atoms in total. The molecule has 21 heavy (non-hydrogen) atoms. The fourth-order valence-electron chi connectivity index (χ4n) is 2.35. The lowest BCUT2D eigenvalue weighted by molar-refractivity contribution is 0.0526. The molecule has 6 heteroatoms. The van der Waals surface area contributed by atoms with Gasteiger partial charge < -0.3 is 9.64 Å². The highest BCUT2D eigenvalue weighted by Crippen LogP contribution is 2.29. The lowest BCUT2D eigenvalue weighted by Gasteiger charge is -2.15. The molecular formula is C15H14N2O3S. The lowest BCUT2D eigenvalue weighted by atomic mass is 10.2. The SMILES string of the molecule is CCOC(=O)c1nc(C(=O)N2CCc3ccccc32)cs1. The number of anilines is 1. The first kappa shape index (κ1) is 13.8. The van der Waals surface area contributed by atoms with Crippen molar-refractivity contribution in [3.8, 4) is 0 Å². The number of ether oxygens (including phenoxy) is 1. The third-order valence-electron chi connectivity index (χ3n) is 3.31. The van der Waals surface area contributed by atoms with Crippen LogP contribution >= 0.6 is 11.3 Å². The second kappa shape index (κ2) is 5.65. The minimum absolute atomic E-state index is 0.174. The summed E-state index contributed by atoms with van der Waals surface area (Å²) in [5.41, 5.74) is 2.37. The quantitative estimate of drug-likeness (QED) is 0.817. The van der Waals surface area contributed by atoms with E-state index in [-0.39, 0.29) is 10.9 Å². The monoisotopic (exact) mass is 302 g/mol. The predicted molar refractivity (Wildman–Crippen MR) is 79.9 cm³/mol. The minimum Gasteiger partial charge on any atom is -0.461 e. The summed E-state index contributed by atoms with van der Waals surface area (Å²) in [4.78, 5) is 29.9. The molecule has 0 spiro atoms. The minimum atomic E-state index is -0.483. The van der Waals surface area contributed by atoms with Gasteiger partial charge in [0.25, 0.3) is 5.91 Å². The van der Waals surface area contributed by atoms with Crippen LogP contribution in [0.25, 0.3) is 0 Å². The van der Waals surface area contributed by atoms with E-state index in [1.54, 1.807) is 17.2 Å². The summed E-state index contributed by atoms with van der Waals surface area (Å²) in [5.74, 6) is -0.657. The number of rotatable bonds is 3. The maximum absolute atomic E-state index is 12.5. The molecule has 0 aliphatic carbocycles. The van der Waals surface area contributed by atoms with Gasteiger partial charge in [0.2, 0.25) is 5.01 Å². The number of amides is 1. The fourth-order valence-corrected chi connectivity index (χ4v) is 3.03. The molecule has 2 aromatic rings. The van der Waals surface area contributed by atoms with Crippen molar-refractivity contribution in [2.45, 2.75) is 13.3 Å². The second-order valence-electron chi connectivity index (χ2n) is 4.59. The third kappa shape index (κ3) is 2.54. The Labute approximate surface area is 126 Å². The van der Waals surface area contributed by atoms with Gasteiger partial charge in [-0.1, -0.05) is 18.2 Å². The first-order valence-electron chi connectivity index (χ1n) is 6.73. The molecule has 0 saturated carbocycles. The van der Waals surface area contributed by atoms with E-state index in [0.717, 1.165) is 29.0 Å². The molecule has 0 radical (unpaired) electrons. The van der Waals surface area contributed by atoms with Crippen LogP contribution in [0.2, 0.25) is 0 Å². The maximum Gasteiger partial charge on any atom is 0.367 e. The van der Waals surface area contributed by atoms with Crippen molar-refractivity contribution in [2.75, 3.05) is 18.1 Å². The molecule has 1 aliphatic heterocycles. The van der Waals surface area contributed by atoms with Crippen molar-refractivity contribution in [3.63, 3.8) is 0 Å². The molecule has 1 aliphatic rings. The maximum atomic E-state index is 12.5. The van der Waals surface area contributed by atoms with E-state index >= 15 is 0 Å². The summed E-state index contributed by atoms with van der Waals surface area (Å²) < 4.78 is 4.89. The number of carbonyl (C=O) groups excluding carboxylic acids is 2. The molecule has 0 N–H and O–H groups in total. The Morgan fingerprint density at radius 2 is 2.19 bits per heavy atom. The largest absolute Gasteiger partial charge is 0.461 e. The van der Waals surface area contributed by atoms with E-state index in [1.807, 2.05) is 24.3 Å². The highest BCUT2D eigenvalue weighted by Gasteiger charge is 2.27. The summed E-state index contributed by atoms with van der Waals surface area (Å²) in [6.45, 7) is 2.67. The summed E-state index contributed by atoms with van der Waals surface area (Å²) in [5, 5.41) is 1.82. The Morgan fingerprint density at radius 3 is 3.00 bits per heavy atom. The average Bonchev–Trinajstić information content (AvgIpc) is 3.14. The van der Waals surface area contributed by atoms with Gasteiger partial charge in [-0.05, 0) is 25.0 Å². The number of hydrogen-bond donors (Lipinski definition) is 0. The van der Waals surface area contributed by atoms with Gasteiger partial charge in [0, 0.05) is 17.6 Å². The van der Waals surface area contributed by atoms with Gasteiger partial charge in [-0.15, -0.1) is 11.3 Å². The van der Waals surface area contributed by atoms with Gasteiger partial charge in [-0.2, -0.15) is 0 Å². The van der Waals surface area contributed by atoms with Crippen molar-refractivity contribution in [3.05, 3.63) is 45.9 Å². The zero-order valence-corrected chi connectivity index (χ0v) is 12.4. The van der Waals surface area contributed by atoms with Crippen LogP contribution in [0.15, 0.2) is 29.6 Å². The summed E-state index contributed by atoms with van der Waals surface area (Å²) in [6.07, 6.45) is 0.844. The zero-order valence-electron chi connectivity index (χ0n) is 11.5. The third-order valence-corrected chi connectivity index (χ3v) is 4.13. The zero-order chi connectivity index (χ0) is 14.8. The van der Waals surface area contributed by atoms with E-state index in [2.05, 4.69) is 4.98 Å². The summed E-state index contributed by atoms with van der Waals surface area (Å²) in [7, 11) is 0. The molecule has 3 rings (SSSR count). The number of nitrogens with zero attached hydrogens (tertiary/aromatic N) is 2. The highest BCUT2D eigenvalue weighted by molar-refractivity contribution is 7.11. The van der Waals surface area contributed by atoms with Crippen LogP contribution in [-0.2, 0) is 11.2 Å². The fraction of sp³-hybridized carbons (Fsp3) is 0.267. The molecule has 0 unspecified atom stereocenters. The van der Waals surface area contributed by atoms with E-state index < -0.39 is 5.97 Å². The Bertz CT molecular complexity index is 696. The first-order valence-corrected chi connectivity index (χ1v) is 7.61. The van der Waals surface area contributed by atoms with Crippen molar-refractivity contribution in [1.29, 1.82) is 0 Å². The molecule has 1 aromatic carbocycles. The van der Waals surface area contributed by atoms with Gasteiger partial charge >= 0.3 is 5.97 Å². The Hall–Kier alpha value is -2.21. The van der Waals surface area contributed by atoms with Gasteiger partial charge in [0.15, 0.2) is 0 Å². The van der Waals surface area contributed by atoms with E-state index in [9.17, 15) is 9.59 Å². The van der Waals surface area contributed by atoms with Crippen LogP contribution in [0, 0.1) is 0 Å². The topological polar surface area (TPSA) is 59.5 Å². The standard InChI is InChI=1S/C15H14N2O3S/c1-2-20-15(19)13-16-11(9-21-13)14(18)17-8-7-10-5-3-4-6-12(10)17/h3-6,9H,2,7-8H2,1H3. The number of esters is 1. The number of carbonyl (C=O) groups is 2. The van der Waals surface area contributed by atoms with Gasteiger partial charge in [0.05, 0.1) is 6.61 Å². The number of para-hydroxylation sites is 1. The average molecular weight is 302 g/mol. The molecule has 1 amide bonds. The Balaban J connectivity index is 1.82. The lowest BCUT2D eigenvalue weighted by Crippen LogP contribution is -2.29. The molecule has 1 aromatic heterocycles. The van der Waals surface area contributed by atoms with E-state index in [4.69, 9.17) is 4.74 Å². The van der Waals surface area contributed by atoms with Crippen LogP contribution < -0.4 is 4.90 Å². The Kier molecular flexibility index (Phi) is 3.70. The molecule has 0 bridgehead atoms. The number of thiazole rings is 1. The summed E-state index contributed by atoms with van der Waals surface area (Å²) in [6, 6.07) is 7.83.